The fraction of sp³-hybridized carbons (Fsp3) is 0.200. The van der Waals surface area contributed by atoms with Crippen LogP contribution >= 0.6 is 15.9 Å². The first-order valence-corrected chi connectivity index (χ1v) is 6.72. The highest BCUT2D eigenvalue weighted by atomic mass is 79.9. The molecule has 0 aliphatic heterocycles. The highest BCUT2D eigenvalue weighted by molar-refractivity contribution is 9.10. The normalized spacial score (nSPS) is 10.3. The third kappa shape index (κ3) is 3.08. The van der Waals surface area contributed by atoms with Crippen LogP contribution in [0.4, 0.5) is 11.4 Å². The van der Waals surface area contributed by atoms with E-state index in [-0.39, 0.29) is 6.61 Å². The molecule has 0 saturated carbocycles. The molecule has 0 amide bonds. The van der Waals surface area contributed by atoms with Gasteiger partial charge in [-0.15, -0.1) is 0 Å². The molecule has 0 aliphatic carbocycles. The van der Waals surface area contributed by atoms with Gasteiger partial charge >= 0.3 is 0 Å². The van der Waals surface area contributed by atoms with E-state index >= 15 is 0 Å². The number of anilines is 2. The second kappa shape index (κ2) is 6.08. The van der Waals surface area contributed by atoms with Gasteiger partial charge < -0.3 is 14.7 Å². The average Bonchev–Trinajstić information content (AvgIpc) is 2.46. The second-order valence-electron chi connectivity index (χ2n) is 4.20. The zero-order chi connectivity index (χ0) is 13.8. The lowest BCUT2D eigenvalue weighted by atomic mass is 10.2. The minimum atomic E-state index is 0.0468. The Labute approximate surface area is 121 Å². The summed E-state index contributed by atoms with van der Waals surface area (Å²) in [6.45, 7) is 0.0468. The van der Waals surface area contributed by atoms with Crippen molar-refractivity contribution >= 4 is 27.3 Å². The molecule has 100 valence electrons. The van der Waals surface area contributed by atoms with Crippen LogP contribution in [0.2, 0.25) is 0 Å². The summed E-state index contributed by atoms with van der Waals surface area (Å²) in [5.41, 5.74) is 3.00. The fourth-order valence-corrected chi connectivity index (χ4v) is 2.56. The summed E-state index contributed by atoms with van der Waals surface area (Å²) in [6, 6.07) is 13.7. The molecule has 2 aromatic carbocycles. The van der Waals surface area contributed by atoms with E-state index < -0.39 is 0 Å². The van der Waals surface area contributed by atoms with E-state index in [2.05, 4.69) is 20.8 Å². The quantitative estimate of drug-likeness (QED) is 0.931. The molecular formula is C15H16BrNO2. The predicted molar refractivity (Wildman–Crippen MR) is 81.1 cm³/mol. The highest BCUT2D eigenvalue weighted by Crippen LogP contribution is 2.32. The van der Waals surface area contributed by atoms with E-state index in [4.69, 9.17) is 9.84 Å². The van der Waals surface area contributed by atoms with Crippen LogP contribution in [-0.2, 0) is 6.61 Å². The van der Waals surface area contributed by atoms with Gasteiger partial charge in [0.2, 0.25) is 0 Å². The lowest BCUT2D eigenvalue weighted by Crippen LogP contribution is -2.10. The summed E-state index contributed by atoms with van der Waals surface area (Å²) < 4.78 is 6.11. The van der Waals surface area contributed by atoms with Crippen molar-refractivity contribution in [3.8, 4) is 5.75 Å². The average molecular weight is 322 g/mol. The molecule has 0 spiro atoms. The third-order valence-electron chi connectivity index (χ3n) is 3.02. The zero-order valence-corrected chi connectivity index (χ0v) is 12.5. The van der Waals surface area contributed by atoms with Crippen LogP contribution in [-0.4, -0.2) is 19.3 Å². The molecule has 19 heavy (non-hydrogen) atoms. The third-order valence-corrected chi connectivity index (χ3v) is 3.65. The van der Waals surface area contributed by atoms with Crippen molar-refractivity contribution in [1.82, 2.24) is 0 Å². The van der Waals surface area contributed by atoms with Gasteiger partial charge in [-0.3, -0.25) is 0 Å². The van der Waals surface area contributed by atoms with Crippen LogP contribution in [0.3, 0.4) is 0 Å². The molecule has 0 fully saturated rings. The molecule has 0 aliphatic rings. The van der Waals surface area contributed by atoms with E-state index in [1.807, 2.05) is 49.5 Å². The molecule has 2 aromatic rings. The van der Waals surface area contributed by atoms with Crippen molar-refractivity contribution in [3.63, 3.8) is 0 Å². The largest absolute Gasteiger partial charge is 0.497 e. The van der Waals surface area contributed by atoms with Gasteiger partial charge in [0, 0.05) is 17.2 Å². The molecule has 0 unspecified atom stereocenters. The van der Waals surface area contributed by atoms with E-state index in [9.17, 15) is 0 Å². The number of ether oxygens (including phenoxy) is 1. The summed E-state index contributed by atoms with van der Waals surface area (Å²) in [7, 11) is 3.66. The molecule has 0 aromatic heterocycles. The van der Waals surface area contributed by atoms with E-state index in [1.165, 1.54) is 0 Å². The highest BCUT2D eigenvalue weighted by Gasteiger charge is 2.08. The molecule has 0 saturated heterocycles. The Bertz CT molecular complexity index is 555. The van der Waals surface area contributed by atoms with Gasteiger partial charge in [-0.25, -0.2) is 0 Å². The van der Waals surface area contributed by atoms with E-state index in [1.54, 1.807) is 7.11 Å². The van der Waals surface area contributed by atoms with Crippen LogP contribution in [0.25, 0.3) is 0 Å². The Kier molecular flexibility index (Phi) is 4.45. The van der Waals surface area contributed by atoms with Crippen molar-refractivity contribution < 1.29 is 9.84 Å². The number of hydrogen-bond acceptors (Lipinski definition) is 3. The zero-order valence-electron chi connectivity index (χ0n) is 10.9. The second-order valence-corrected chi connectivity index (χ2v) is 5.06. The molecule has 0 heterocycles. The number of halogens is 1. The number of aliphatic hydroxyl groups excluding tert-OH is 1. The van der Waals surface area contributed by atoms with Crippen LogP contribution in [0.5, 0.6) is 5.75 Å². The van der Waals surface area contributed by atoms with Crippen molar-refractivity contribution in [1.29, 1.82) is 0 Å². The first kappa shape index (κ1) is 13.9. The predicted octanol–water partition coefficient (Wildman–Crippen LogP) is 3.72. The van der Waals surface area contributed by atoms with Crippen LogP contribution in [0, 0.1) is 0 Å². The van der Waals surface area contributed by atoms with Gasteiger partial charge in [0.05, 0.1) is 19.4 Å². The topological polar surface area (TPSA) is 32.7 Å². The molecule has 1 N–H and O–H groups in total. The van der Waals surface area contributed by atoms with Crippen molar-refractivity contribution in [2.75, 3.05) is 19.1 Å². The van der Waals surface area contributed by atoms with Gasteiger partial charge in [-0.1, -0.05) is 6.07 Å². The van der Waals surface area contributed by atoms with Crippen LogP contribution < -0.4 is 9.64 Å². The Morgan fingerprint density at radius 3 is 2.37 bits per heavy atom. The summed E-state index contributed by atoms with van der Waals surface area (Å²) in [5, 5.41) is 9.12. The fourth-order valence-electron chi connectivity index (χ4n) is 1.87. The lowest BCUT2D eigenvalue weighted by molar-refractivity contribution is 0.282. The molecule has 0 bridgehead atoms. The Morgan fingerprint density at radius 2 is 1.84 bits per heavy atom. The smallest absolute Gasteiger partial charge is 0.119 e. The van der Waals surface area contributed by atoms with Gasteiger partial charge in [-0.05, 0) is 57.9 Å². The van der Waals surface area contributed by atoms with Crippen molar-refractivity contribution in [2.45, 2.75) is 6.61 Å². The maximum atomic E-state index is 9.12. The number of benzene rings is 2. The molecule has 0 atom stereocenters. The maximum absolute atomic E-state index is 9.12. The number of aliphatic hydroxyl groups is 1. The van der Waals surface area contributed by atoms with Crippen LogP contribution in [0.1, 0.15) is 5.56 Å². The van der Waals surface area contributed by atoms with Gasteiger partial charge in [-0.2, -0.15) is 0 Å². The SMILES string of the molecule is COc1ccc(N(C)c2ccc(CO)cc2Br)cc1. The van der Waals surface area contributed by atoms with Crippen molar-refractivity contribution in [3.05, 3.63) is 52.5 Å². The van der Waals surface area contributed by atoms with Gasteiger partial charge in [0.25, 0.3) is 0 Å². The van der Waals surface area contributed by atoms with E-state index in [0.717, 1.165) is 27.2 Å². The minimum absolute atomic E-state index is 0.0468. The Balaban J connectivity index is 2.29. The summed E-state index contributed by atoms with van der Waals surface area (Å²) in [5.74, 6) is 0.840. The lowest BCUT2D eigenvalue weighted by Gasteiger charge is -2.21. The molecule has 3 nitrogen and oxygen atoms in total. The minimum Gasteiger partial charge on any atom is -0.497 e. The van der Waals surface area contributed by atoms with Gasteiger partial charge in [0.15, 0.2) is 0 Å². The number of nitrogens with zero attached hydrogens (tertiary/aromatic N) is 1. The van der Waals surface area contributed by atoms with E-state index in [0.29, 0.717) is 0 Å². The number of methoxy groups -OCH3 is 1. The Hall–Kier alpha value is -1.52. The summed E-state index contributed by atoms with van der Waals surface area (Å²) in [6.07, 6.45) is 0. The standard InChI is InChI=1S/C15H16BrNO2/c1-17(12-4-6-13(19-2)7-5-12)15-8-3-11(10-18)9-14(15)16/h3-9,18H,10H2,1-2H3. The Morgan fingerprint density at radius 1 is 1.16 bits per heavy atom. The van der Waals surface area contributed by atoms with Crippen molar-refractivity contribution in [2.24, 2.45) is 0 Å². The number of rotatable bonds is 4. The first-order chi connectivity index (χ1) is 9.15. The molecule has 0 radical (unpaired) electrons. The molecule has 2 rings (SSSR count). The summed E-state index contributed by atoms with van der Waals surface area (Å²) in [4.78, 5) is 2.07. The van der Waals surface area contributed by atoms with Gasteiger partial charge in [0.1, 0.15) is 5.75 Å². The first-order valence-electron chi connectivity index (χ1n) is 5.92. The summed E-state index contributed by atoms with van der Waals surface area (Å²) >= 11 is 3.54. The molecular weight excluding hydrogens is 306 g/mol. The maximum Gasteiger partial charge on any atom is 0.119 e. The number of hydrogen-bond donors (Lipinski definition) is 1. The van der Waals surface area contributed by atoms with Crippen LogP contribution in [0.15, 0.2) is 46.9 Å². The monoisotopic (exact) mass is 321 g/mol. The molecule has 4 heteroatoms.